The fraction of sp³-hybridized carbons (Fsp3) is 0.647. The molecule has 2 heteroatoms. The van der Waals surface area contributed by atoms with Crippen molar-refractivity contribution in [3.8, 4) is 0 Å². The van der Waals surface area contributed by atoms with Crippen LogP contribution >= 0.6 is 0 Å². The maximum absolute atomic E-state index is 13.7. The predicted octanol–water partition coefficient (Wildman–Crippen LogP) is 4.34. The van der Waals surface area contributed by atoms with E-state index < -0.39 is 6.10 Å². The molecular weight excluding hydrogens is 239 g/mol. The fourth-order valence-corrected chi connectivity index (χ4v) is 3.65. The number of aliphatic hydroxyl groups excluding tert-OH is 1. The smallest absolute Gasteiger partial charge is 0.126 e. The molecule has 1 saturated carbocycles. The molecule has 1 aliphatic carbocycles. The lowest BCUT2D eigenvalue weighted by atomic mass is 9.72. The normalized spacial score (nSPS) is 19.8. The summed E-state index contributed by atoms with van der Waals surface area (Å²) in [6.07, 6.45) is 5.63. The molecule has 1 aromatic carbocycles. The average molecular weight is 264 g/mol. The third kappa shape index (κ3) is 3.36. The van der Waals surface area contributed by atoms with Crippen molar-refractivity contribution < 1.29 is 9.50 Å². The van der Waals surface area contributed by atoms with E-state index in [0.717, 1.165) is 19.3 Å². The van der Waals surface area contributed by atoms with E-state index in [4.69, 9.17) is 0 Å². The van der Waals surface area contributed by atoms with Crippen LogP contribution in [0.2, 0.25) is 0 Å². The first-order chi connectivity index (χ1) is 9.03. The zero-order valence-electron chi connectivity index (χ0n) is 12.0. The van der Waals surface area contributed by atoms with Crippen molar-refractivity contribution >= 4 is 0 Å². The minimum atomic E-state index is -0.422. The summed E-state index contributed by atoms with van der Waals surface area (Å²) in [6, 6.07) is 6.81. The summed E-state index contributed by atoms with van der Waals surface area (Å²) in [5, 5.41) is 10.7. The van der Waals surface area contributed by atoms with Crippen LogP contribution in [-0.2, 0) is 6.42 Å². The van der Waals surface area contributed by atoms with Gasteiger partial charge in [0.15, 0.2) is 0 Å². The summed E-state index contributed by atoms with van der Waals surface area (Å²) >= 11 is 0. The maximum atomic E-state index is 13.7. The van der Waals surface area contributed by atoms with Crippen molar-refractivity contribution in [1.82, 2.24) is 0 Å². The molecule has 1 fully saturated rings. The molecule has 0 aromatic heterocycles. The molecule has 1 aromatic rings. The zero-order valence-corrected chi connectivity index (χ0v) is 12.0. The molecule has 0 saturated heterocycles. The number of hydrogen-bond acceptors (Lipinski definition) is 1. The van der Waals surface area contributed by atoms with Gasteiger partial charge < -0.3 is 5.11 Å². The molecule has 1 unspecified atom stereocenters. The quantitative estimate of drug-likeness (QED) is 0.839. The van der Waals surface area contributed by atoms with Crippen LogP contribution in [0.15, 0.2) is 24.3 Å². The highest BCUT2D eigenvalue weighted by atomic mass is 19.1. The largest absolute Gasteiger partial charge is 0.392 e. The van der Waals surface area contributed by atoms with Gasteiger partial charge in [-0.1, -0.05) is 44.9 Å². The highest BCUT2D eigenvalue weighted by Gasteiger charge is 2.40. The second-order valence-electron chi connectivity index (χ2n) is 6.48. The van der Waals surface area contributed by atoms with Gasteiger partial charge in [0.05, 0.1) is 6.10 Å². The molecule has 0 radical (unpaired) electrons. The summed E-state index contributed by atoms with van der Waals surface area (Å²) in [5.74, 6) is 0.382. The first-order valence-corrected chi connectivity index (χ1v) is 7.45. The van der Waals surface area contributed by atoms with Crippen molar-refractivity contribution in [2.24, 2.45) is 11.3 Å². The van der Waals surface area contributed by atoms with E-state index >= 15 is 0 Å². The van der Waals surface area contributed by atoms with E-state index in [0.29, 0.717) is 17.9 Å². The van der Waals surface area contributed by atoms with Gasteiger partial charge in [0, 0.05) is 6.42 Å². The van der Waals surface area contributed by atoms with Gasteiger partial charge in [-0.2, -0.15) is 0 Å². The van der Waals surface area contributed by atoms with Crippen LogP contribution in [0, 0.1) is 17.2 Å². The number of aliphatic hydroxyl groups is 1. The van der Waals surface area contributed by atoms with Crippen LogP contribution in [0.4, 0.5) is 4.39 Å². The van der Waals surface area contributed by atoms with Gasteiger partial charge in [0.25, 0.3) is 0 Å². The lowest BCUT2D eigenvalue weighted by Crippen LogP contribution is -2.35. The molecule has 19 heavy (non-hydrogen) atoms. The second kappa shape index (κ2) is 6.04. The number of rotatable bonds is 5. The van der Waals surface area contributed by atoms with Crippen molar-refractivity contribution in [2.75, 3.05) is 0 Å². The molecule has 1 N–H and O–H groups in total. The SMILES string of the molecule is CC(C)CC1(C(O)Cc2ccccc2F)CCCC1. The van der Waals surface area contributed by atoms with Gasteiger partial charge in [0.1, 0.15) is 5.82 Å². The maximum Gasteiger partial charge on any atom is 0.126 e. The minimum absolute atomic E-state index is 0.0104. The summed E-state index contributed by atoms with van der Waals surface area (Å²) in [4.78, 5) is 0. The van der Waals surface area contributed by atoms with E-state index in [9.17, 15) is 9.50 Å². The lowest BCUT2D eigenvalue weighted by molar-refractivity contribution is 0.0128. The third-order valence-electron chi connectivity index (χ3n) is 4.49. The Labute approximate surface area is 115 Å². The van der Waals surface area contributed by atoms with Crippen LogP contribution < -0.4 is 0 Å². The van der Waals surface area contributed by atoms with Crippen LogP contribution in [0.25, 0.3) is 0 Å². The van der Waals surface area contributed by atoms with Gasteiger partial charge in [-0.05, 0) is 42.2 Å². The fourth-order valence-electron chi connectivity index (χ4n) is 3.65. The van der Waals surface area contributed by atoms with Crippen LogP contribution in [0.5, 0.6) is 0 Å². The molecule has 0 amide bonds. The van der Waals surface area contributed by atoms with E-state index in [1.54, 1.807) is 12.1 Å². The van der Waals surface area contributed by atoms with Crippen molar-refractivity contribution in [2.45, 2.75) is 58.5 Å². The van der Waals surface area contributed by atoms with Gasteiger partial charge >= 0.3 is 0 Å². The second-order valence-corrected chi connectivity index (χ2v) is 6.48. The lowest BCUT2D eigenvalue weighted by Gasteiger charge is -2.36. The van der Waals surface area contributed by atoms with Gasteiger partial charge in [0.2, 0.25) is 0 Å². The molecule has 106 valence electrons. The minimum Gasteiger partial charge on any atom is -0.392 e. The molecule has 0 heterocycles. The number of benzene rings is 1. The average Bonchev–Trinajstić information content (AvgIpc) is 2.81. The Hall–Kier alpha value is -0.890. The molecule has 0 spiro atoms. The Bertz CT molecular complexity index is 407. The standard InChI is InChI=1S/C17H25FO/c1-13(2)12-17(9-5-6-10-17)16(19)11-14-7-3-4-8-15(14)18/h3-4,7-8,13,16,19H,5-6,9-12H2,1-2H3. The monoisotopic (exact) mass is 264 g/mol. The Balaban J connectivity index is 2.12. The highest BCUT2D eigenvalue weighted by Crippen LogP contribution is 2.46. The van der Waals surface area contributed by atoms with Crippen LogP contribution in [0.3, 0.4) is 0 Å². The topological polar surface area (TPSA) is 20.2 Å². The summed E-state index contributed by atoms with van der Waals surface area (Å²) in [6.45, 7) is 4.41. The van der Waals surface area contributed by atoms with Crippen molar-refractivity contribution in [3.63, 3.8) is 0 Å². The van der Waals surface area contributed by atoms with Crippen molar-refractivity contribution in [1.29, 1.82) is 0 Å². The molecule has 1 nitrogen and oxygen atoms in total. The summed E-state index contributed by atoms with van der Waals surface area (Å²) in [7, 11) is 0. The Morgan fingerprint density at radius 2 is 1.84 bits per heavy atom. The Morgan fingerprint density at radius 3 is 2.42 bits per heavy atom. The highest BCUT2D eigenvalue weighted by molar-refractivity contribution is 5.19. The van der Waals surface area contributed by atoms with Crippen LogP contribution in [0.1, 0.15) is 51.5 Å². The number of halogens is 1. The molecule has 0 bridgehead atoms. The summed E-state index contributed by atoms with van der Waals surface area (Å²) < 4.78 is 13.7. The zero-order chi connectivity index (χ0) is 13.9. The molecule has 1 atom stereocenters. The van der Waals surface area contributed by atoms with Gasteiger partial charge in [-0.15, -0.1) is 0 Å². The van der Waals surface area contributed by atoms with Crippen LogP contribution in [-0.4, -0.2) is 11.2 Å². The first-order valence-electron chi connectivity index (χ1n) is 7.45. The third-order valence-corrected chi connectivity index (χ3v) is 4.49. The van der Waals surface area contributed by atoms with E-state index in [1.165, 1.54) is 18.9 Å². The molecular formula is C17H25FO. The number of hydrogen-bond donors (Lipinski definition) is 1. The van der Waals surface area contributed by atoms with E-state index in [2.05, 4.69) is 13.8 Å². The van der Waals surface area contributed by atoms with E-state index in [1.807, 2.05) is 6.07 Å². The predicted molar refractivity (Wildman–Crippen MR) is 76.5 cm³/mol. The molecule has 0 aliphatic heterocycles. The van der Waals surface area contributed by atoms with Crippen molar-refractivity contribution in [3.05, 3.63) is 35.6 Å². The molecule has 1 aliphatic rings. The first kappa shape index (κ1) is 14.5. The summed E-state index contributed by atoms with van der Waals surface area (Å²) in [5.41, 5.74) is 0.654. The Kier molecular flexibility index (Phi) is 4.62. The molecule has 2 rings (SSSR count). The van der Waals surface area contributed by atoms with Gasteiger partial charge in [-0.3, -0.25) is 0 Å². The Morgan fingerprint density at radius 1 is 1.21 bits per heavy atom. The van der Waals surface area contributed by atoms with Gasteiger partial charge in [-0.25, -0.2) is 4.39 Å². The van der Waals surface area contributed by atoms with E-state index in [-0.39, 0.29) is 11.2 Å².